The Kier molecular flexibility index (Phi) is 3.79. The largest absolute Gasteiger partial charge is 0.493 e. The van der Waals surface area contributed by atoms with Gasteiger partial charge in [0.25, 0.3) is 0 Å². The lowest BCUT2D eigenvalue weighted by Crippen LogP contribution is -2.56. The summed E-state index contributed by atoms with van der Waals surface area (Å²) in [7, 11) is 4.76. The van der Waals surface area contributed by atoms with E-state index < -0.39 is 0 Å². The normalized spacial score (nSPS) is 21.1. The van der Waals surface area contributed by atoms with Gasteiger partial charge in [-0.2, -0.15) is 0 Å². The molecule has 2 unspecified atom stereocenters. The number of ether oxygens (including phenoxy) is 3. The van der Waals surface area contributed by atoms with Crippen molar-refractivity contribution in [1.29, 1.82) is 0 Å². The van der Waals surface area contributed by atoms with E-state index in [4.69, 9.17) is 14.2 Å². The van der Waals surface area contributed by atoms with E-state index in [9.17, 15) is 4.79 Å². The van der Waals surface area contributed by atoms with Gasteiger partial charge in [0.1, 0.15) is 0 Å². The van der Waals surface area contributed by atoms with E-state index in [1.807, 2.05) is 23.1 Å². The molecule has 2 aromatic rings. The summed E-state index contributed by atoms with van der Waals surface area (Å²) in [6.07, 6.45) is 0.917. The van der Waals surface area contributed by atoms with Crippen molar-refractivity contribution in [3.05, 3.63) is 53.1 Å². The van der Waals surface area contributed by atoms with Gasteiger partial charge >= 0.3 is 0 Å². The number of amides is 1. The molecular weight excluding hydrogens is 318 g/mol. The van der Waals surface area contributed by atoms with Crippen LogP contribution in [0.25, 0.3) is 0 Å². The summed E-state index contributed by atoms with van der Waals surface area (Å²) in [6, 6.07) is 12.2. The van der Waals surface area contributed by atoms with Gasteiger partial charge in [-0.25, -0.2) is 0 Å². The van der Waals surface area contributed by atoms with E-state index in [0.717, 1.165) is 18.5 Å². The highest BCUT2D eigenvalue weighted by Crippen LogP contribution is 2.52. The summed E-state index contributed by atoms with van der Waals surface area (Å²) in [6.45, 7) is 0.779. The first-order valence-corrected chi connectivity index (χ1v) is 8.37. The Balaban J connectivity index is 1.79. The monoisotopic (exact) mass is 339 g/mol. The van der Waals surface area contributed by atoms with Crippen molar-refractivity contribution in [1.82, 2.24) is 4.90 Å². The average Bonchev–Trinajstić information content (AvgIpc) is 2.66. The Hall–Kier alpha value is -2.69. The third-order valence-electron chi connectivity index (χ3n) is 5.24. The van der Waals surface area contributed by atoms with E-state index in [1.54, 1.807) is 21.3 Å². The van der Waals surface area contributed by atoms with Crippen LogP contribution in [0.3, 0.4) is 0 Å². The predicted molar refractivity (Wildman–Crippen MR) is 93.4 cm³/mol. The smallest absolute Gasteiger partial charge is 0.233 e. The maximum absolute atomic E-state index is 12.8. The molecule has 2 aromatic carbocycles. The number of hydrogen-bond acceptors (Lipinski definition) is 4. The summed E-state index contributed by atoms with van der Waals surface area (Å²) < 4.78 is 16.3. The maximum atomic E-state index is 12.8. The first-order valence-electron chi connectivity index (χ1n) is 8.37. The van der Waals surface area contributed by atoms with Crippen LogP contribution in [0.15, 0.2) is 36.4 Å². The number of rotatable bonds is 4. The molecule has 1 fully saturated rings. The third-order valence-corrected chi connectivity index (χ3v) is 5.24. The zero-order chi connectivity index (χ0) is 17.6. The zero-order valence-electron chi connectivity index (χ0n) is 14.6. The van der Waals surface area contributed by atoms with E-state index in [2.05, 4.69) is 18.2 Å². The second-order valence-electron chi connectivity index (χ2n) is 6.36. The topological polar surface area (TPSA) is 48.0 Å². The van der Waals surface area contributed by atoms with Gasteiger partial charge in [0, 0.05) is 6.54 Å². The molecule has 1 saturated heterocycles. The van der Waals surface area contributed by atoms with Gasteiger partial charge in [-0.1, -0.05) is 24.3 Å². The van der Waals surface area contributed by atoms with Crippen molar-refractivity contribution >= 4 is 5.91 Å². The number of hydrogen-bond donors (Lipinski definition) is 0. The summed E-state index contributed by atoms with van der Waals surface area (Å²) in [5.41, 5.74) is 3.47. The van der Waals surface area contributed by atoms with Crippen molar-refractivity contribution in [2.24, 2.45) is 0 Å². The number of fused-ring (bicyclic) bond motifs is 3. The van der Waals surface area contributed by atoms with Crippen LogP contribution in [0.1, 0.15) is 28.7 Å². The van der Waals surface area contributed by atoms with Crippen LogP contribution in [-0.2, 0) is 11.2 Å². The van der Waals surface area contributed by atoms with Crippen molar-refractivity contribution in [2.75, 3.05) is 27.9 Å². The number of methoxy groups -OCH3 is 3. The highest BCUT2D eigenvalue weighted by molar-refractivity contribution is 5.92. The van der Waals surface area contributed by atoms with Crippen LogP contribution in [-0.4, -0.2) is 38.7 Å². The van der Waals surface area contributed by atoms with Crippen LogP contribution in [0, 0.1) is 0 Å². The summed E-state index contributed by atoms with van der Waals surface area (Å²) in [5.74, 6) is 1.64. The third kappa shape index (κ3) is 2.26. The highest BCUT2D eigenvalue weighted by atomic mass is 16.5. The molecule has 0 bridgehead atoms. The Morgan fingerprint density at radius 1 is 1.00 bits per heavy atom. The van der Waals surface area contributed by atoms with Gasteiger partial charge < -0.3 is 19.1 Å². The van der Waals surface area contributed by atoms with Crippen molar-refractivity contribution in [3.63, 3.8) is 0 Å². The molecular formula is C20H21NO4. The maximum Gasteiger partial charge on any atom is 0.233 e. The number of benzene rings is 2. The standard InChI is InChI=1S/C20H21NO4/c1-23-15-10-13(11-16(24-2)19(15)25-3)17-18-14-7-5-4-6-12(14)8-9-21(18)20(17)22/h4-7,10-11,17-18H,8-9H2,1-3H3. The molecule has 4 rings (SSSR count). The molecule has 2 aliphatic rings. The molecule has 0 aliphatic carbocycles. The number of carbonyl (C=O) groups is 1. The molecule has 5 heteroatoms. The fraction of sp³-hybridized carbons (Fsp3) is 0.350. The van der Waals surface area contributed by atoms with E-state index in [-0.39, 0.29) is 17.9 Å². The lowest BCUT2D eigenvalue weighted by atomic mass is 9.73. The molecule has 0 N–H and O–H groups in total. The van der Waals surface area contributed by atoms with Crippen molar-refractivity contribution in [2.45, 2.75) is 18.4 Å². The van der Waals surface area contributed by atoms with Gasteiger partial charge in [0.2, 0.25) is 11.7 Å². The summed E-state index contributed by atoms with van der Waals surface area (Å²) in [5, 5.41) is 0. The molecule has 2 aliphatic heterocycles. The fourth-order valence-corrected chi connectivity index (χ4v) is 4.04. The van der Waals surface area contributed by atoms with Gasteiger partial charge in [-0.3, -0.25) is 4.79 Å². The minimum Gasteiger partial charge on any atom is -0.493 e. The molecule has 25 heavy (non-hydrogen) atoms. The molecule has 0 aromatic heterocycles. The van der Waals surface area contributed by atoms with Crippen LogP contribution < -0.4 is 14.2 Å². The Bertz CT molecular complexity index is 807. The Morgan fingerprint density at radius 2 is 1.68 bits per heavy atom. The van der Waals surface area contributed by atoms with Crippen LogP contribution in [0.4, 0.5) is 0 Å². The molecule has 130 valence electrons. The summed E-state index contributed by atoms with van der Waals surface area (Å²) in [4.78, 5) is 14.7. The summed E-state index contributed by atoms with van der Waals surface area (Å²) >= 11 is 0. The molecule has 0 saturated carbocycles. The molecule has 2 heterocycles. The predicted octanol–water partition coefficient (Wildman–Crippen LogP) is 2.94. The minimum atomic E-state index is -0.213. The zero-order valence-corrected chi connectivity index (χ0v) is 14.6. The van der Waals surface area contributed by atoms with E-state index in [0.29, 0.717) is 17.2 Å². The number of carbonyl (C=O) groups excluding carboxylic acids is 1. The number of β-lactam (4-membered cyclic amide) rings is 1. The molecule has 2 atom stereocenters. The minimum absolute atomic E-state index is 0.0836. The Labute approximate surface area is 147 Å². The first-order chi connectivity index (χ1) is 12.2. The van der Waals surface area contributed by atoms with Gasteiger partial charge in [0.15, 0.2) is 11.5 Å². The quantitative estimate of drug-likeness (QED) is 0.804. The van der Waals surface area contributed by atoms with Crippen molar-refractivity contribution in [3.8, 4) is 17.2 Å². The fourth-order valence-electron chi connectivity index (χ4n) is 4.04. The van der Waals surface area contributed by atoms with Crippen LogP contribution >= 0.6 is 0 Å². The lowest BCUT2D eigenvalue weighted by Gasteiger charge is -2.51. The first kappa shape index (κ1) is 15.8. The number of nitrogens with zero attached hydrogens (tertiary/aromatic N) is 1. The molecule has 5 nitrogen and oxygen atoms in total. The highest BCUT2D eigenvalue weighted by Gasteiger charge is 2.51. The van der Waals surface area contributed by atoms with E-state index >= 15 is 0 Å². The molecule has 0 spiro atoms. The second kappa shape index (κ2) is 5.99. The van der Waals surface area contributed by atoms with Crippen LogP contribution in [0.2, 0.25) is 0 Å². The van der Waals surface area contributed by atoms with Crippen LogP contribution in [0.5, 0.6) is 17.2 Å². The van der Waals surface area contributed by atoms with Gasteiger partial charge in [0.05, 0.1) is 33.3 Å². The Morgan fingerprint density at radius 3 is 2.32 bits per heavy atom. The van der Waals surface area contributed by atoms with Crippen molar-refractivity contribution < 1.29 is 19.0 Å². The van der Waals surface area contributed by atoms with E-state index in [1.165, 1.54) is 11.1 Å². The average molecular weight is 339 g/mol. The van der Waals surface area contributed by atoms with Gasteiger partial charge in [-0.05, 0) is 35.2 Å². The lowest BCUT2D eigenvalue weighted by molar-refractivity contribution is -0.151. The molecule has 0 radical (unpaired) electrons. The molecule has 1 amide bonds. The SMILES string of the molecule is COc1cc(C2C(=O)N3CCc4ccccc4C23)cc(OC)c1OC. The van der Waals surface area contributed by atoms with Gasteiger partial charge in [-0.15, -0.1) is 0 Å². The second-order valence-corrected chi connectivity index (χ2v) is 6.36.